The maximum absolute atomic E-state index is 12.3. The van der Waals surface area contributed by atoms with Crippen molar-refractivity contribution in [2.75, 3.05) is 19.8 Å². The minimum atomic E-state index is -0.462. The molecule has 0 aromatic heterocycles. The Balaban J connectivity index is 1.98. The van der Waals surface area contributed by atoms with Gasteiger partial charge in [-0.05, 0) is 48.7 Å². The lowest BCUT2D eigenvalue weighted by Crippen LogP contribution is -2.31. The Morgan fingerprint density at radius 1 is 0.897 bits per heavy atom. The minimum Gasteiger partial charge on any atom is -0.508 e. The number of phenols is 2. The van der Waals surface area contributed by atoms with Gasteiger partial charge in [-0.15, -0.1) is 0 Å². The summed E-state index contributed by atoms with van der Waals surface area (Å²) in [5, 5.41) is 22.1. The summed E-state index contributed by atoms with van der Waals surface area (Å²) in [6.07, 6.45) is 1.25. The Labute approximate surface area is 171 Å². The smallest absolute Gasteiger partial charge is 0.220 e. The van der Waals surface area contributed by atoms with Crippen LogP contribution >= 0.6 is 0 Å². The Kier molecular flexibility index (Phi) is 8.21. The van der Waals surface area contributed by atoms with Crippen molar-refractivity contribution in [1.82, 2.24) is 5.32 Å². The molecular weight excluding hydrogens is 370 g/mol. The number of hydrogen-bond donors (Lipinski definition) is 3. The number of benzene rings is 2. The van der Waals surface area contributed by atoms with Crippen LogP contribution in [0.1, 0.15) is 44.2 Å². The third-order valence-corrected chi connectivity index (χ3v) is 5.03. The number of ether oxygens (including phenoxy) is 1. The van der Waals surface area contributed by atoms with E-state index in [1.807, 2.05) is 31.2 Å². The fourth-order valence-electron chi connectivity index (χ4n) is 3.15. The molecule has 0 saturated carbocycles. The van der Waals surface area contributed by atoms with E-state index in [1.54, 1.807) is 24.3 Å². The summed E-state index contributed by atoms with van der Waals surface area (Å²) in [5.74, 6) is 0.370. The summed E-state index contributed by atoms with van der Waals surface area (Å²) < 4.78 is 5.32. The van der Waals surface area contributed by atoms with Crippen LogP contribution in [0, 0.1) is 0 Å². The molecule has 2 aromatic carbocycles. The molecule has 2 rings (SSSR count). The SMILES string of the molecule is CC(=O)CCOCCNC(=O)CCC(C)(c1ccc(O)cc1)c1ccc(O)cc1. The quantitative estimate of drug-likeness (QED) is 0.504. The van der Waals surface area contributed by atoms with Gasteiger partial charge in [0.1, 0.15) is 17.3 Å². The summed E-state index contributed by atoms with van der Waals surface area (Å²) in [7, 11) is 0. The van der Waals surface area contributed by atoms with Crippen LogP contribution in [0.15, 0.2) is 48.5 Å². The second-order valence-electron chi connectivity index (χ2n) is 7.34. The first kappa shape index (κ1) is 22.4. The maximum atomic E-state index is 12.3. The van der Waals surface area contributed by atoms with E-state index in [4.69, 9.17) is 4.74 Å². The lowest BCUT2D eigenvalue weighted by Gasteiger charge is -2.31. The monoisotopic (exact) mass is 399 g/mol. The largest absolute Gasteiger partial charge is 0.508 e. The minimum absolute atomic E-state index is 0.0797. The van der Waals surface area contributed by atoms with Crippen LogP contribution in [0.4, 0.5) is 0 Å². The number of carbonyl (C=O) groups is 2. The van der Waals surface area contributed by atoms with E-state index in [0.29, 0.717) is 39.0 Å². The number of carbonyl (C=O) groups excluding carboxylic acids is 2. The van der Waals surface area contributed by atoms with E-state index in [2.05, 4.69) is 5.32 Å². The molecule has 6 nitrogen and oxygen atoms in total. The Morgan fingerprint density at radius 3 is 1.90 bits per heavy atom. The van der Waals surface area contributed by atoms with Gasteiger partial charge in [-0.3, -0.25) is 9.59 Å². The number of ketones is 1. The lowest BCUT2D eigenvalue weighted by molar-refractivity contribution is -0.122. The molecule has 2 aromatic rings. The van der Waals surface area contributed by atoms with Crippen LogP contribution in [0.5, 0.6) is 11.5 Å². The van der Waals surface area contributed by atoms with Crippen LogP contribution in [-0.4, -0.2) is 41.7 Å². The van der Waals surface area contributed by atoms with E-state index in [9.17, 15) is 19.8 Å². The van der Waals surface area contributed by atoms with E-state index >= 15 is 0 Å². The van der Waals surface area contributed by atoms with Gasteiger partial charge in [0.05, 0.1) is 13.2 Å². The van der Waals surface area contributed by atoms with Crippen molar-refractivity contribution in [2.24, 2.45) is 0 Å². The molecule has 0 aliphatic carbocycles. The summed E-state index contributed by atoms with van der Waals surface area (Å²) >= 11 is 0. The number of hydrogen-bond acceptors (Lipinski definition) is 5. The number of Topliss-reactive ketones (excluding diaryl/α,β-unsaturated/α-hetero) is 1. The topological polar surface area (TPSA) is 95.9 Å². The lowest BCUT2D eigenvalue weighted by atomic mass is 9.73. The van der Waals surface area contributed by atoms with Crippen molar-refractivity contribution >= 4 is 11.7 Å². The van der Waals surface area contributed by atoms with E-state index in [0.717, 1.165) is 11.1 Å². The summed E-state index contributed by atoms with van der Waals surface area (Å²) in [6, 6.07) is 13.9. The number of aromatic hydroxyl groups is 2. The number of phenolic OH excluding ortho intramolecular Hbond substituents is 2. The van der Waals surface area contributed by atoms with Gasteiger partial charge in [0.25, 0.3) is 0 Å². The third kappa shape index (κ3) is 6.91. The van der Waals surface area contributed by atoms with Crippen molar-refractivity contribution < 1.29 is 24.5 Å². The zero-order valence-electron chi connectivity index (χ0n) is 17.0. The van der Waals surface area contributed by atoms with Crippen LogP contribution < -0.4 is 5.32 Å². The van der Waals surface area contributed by atoms with Gasteiger partial charge in [-0.25, -0.2) is 0 Å². The van der Waals surface area contributed by atoms with Crippen LogP contribution in [0.25, 0.3) is 0 Å². The van der Waals surface area contributed by atoms with Gasteiger partial charge in [-0.1, -0.05) is 31.2 Å². The molecule has 0 unspecified atom stereocenters. The average molecular weight is 399 g/mol. The number of rotatable bonds is 11. The van der Waals surface area contributed by atoms with Crippen LogP contribution in [0.3, 0.4) is 0 Å². The van der Waals surface area contributed by atoms with Crippen molar-refractivity contribution in [3.63, 3.8) is 0 Å². The van der Waals surface area contributed by atoms with Gasteiger partial charge in [0.15, 0.2) is 0 Å². The Hall–Kier alpha value is -2.86. The first-order valence-electron chi connectivity index (χ1n) is 9.74. The predicted molar refractivity (Wildman–Crippen MR) is 111 cm³/mol. The molecule has 0 spiro atoms. The van der Waals surface area contributed by atoms with Gasteiger partial charge < -0.3 is 20.3 Å². The fourth-order valence-corrected chi connectivity index (χ4v) is 3.15. The molecule has 0 radical (unpaired) electrons. The third-order valence-electron chi connectivity index (χ3n) is 5.03. The summed E-state index contributed by atoms with van der Waals surface area (Å²) in [5.41, 5.74) is 1.49. The molecule has 29 heavy (non-hydrogen) atoms. The molecule has 6 heteroatoms. The van der Waals surface area contributed by atoms with E-state index in [1.165, 1.54) is 6.92 Å². The van der Waals surface area contributed by atoms with E-state index < -0.39 is 5.41 Å². The highest BCUT2D eigenvalue weighted by Gasteiger charge is 2.29. The molecule has 3 N–H and O–H groups in total. The van der Waals surface area contributed by atoms with Crippen LogP contribution in [0.2, 0.25) is 0 Å². The number of amides is 1. The molecule has 0 saturated heterocycles. The average Bonchev–Trinajstić information content (AvgIpc) is 2.69. The van der Waals surface area contributed by atoms with Gasteiger partial charge >= 0.3 is 0 Å². The molecular formula is C23H29NO5. The van der Waals surface area contributed by atoms with Crippen molar-refractivity contribution in [3.05, 3.63) is 59.7 Å². The van der Waals surface area contributed by atoms with Crippen LogP contribution in [-0.2, 0) is 19.7 Å². The molecule has 0 bridgehead atoms. The van der Waals surface area contributed by atoms with Crippen molar-refractivity contribution in [1.29, 1.82) is 0 Å². The number of nitrogens with one attached hydrogen (secondary N) is 1. The Morgan fingerprint density at radius 2 is 1.41 bits per heavy atom. The summed E-state index contributed by atoms with van der Waals surface area (Å²) in [4.78, 5) is 23.2. The van der Waals surface area contributed by atoms with Gasteiger partial charge in [0, 0.05) is 24.8 Å². The molecule has 0 heterocycles. The molecule has 0 aliphatic rings. The first-order chi connectivity index (χ1) is 13.8. The van der Waals surface area contributed by atoms with E-state index in [-0.39, 0.29) is 23.2 Å². The molecule has 156 valence electrons. The summed E-state index contributed by atoms with van der Waals surface area (Å²) in [6.45, 7) is 4.69. The molecule has 0 atom stereocenters. The Bertz CT molecular complexity index is 754. The molecule has 0 aliphatic heterocycles. The highest BCUT2D eigenvalue weighted by Crippen LogP contribution is 2.37. The van der Waals surface area contributed by atoms with Gasteiger partial charge in [-0.2, -0.15) is 0 Å². The highest BCUT2D eigenvalue weighted by atomic mass is 16.5. The zero-order valence-corrected chi connectivity index (χ0v) is 17.0. The molecule has 1 amide bonds. The maximum Gasteiger partial charge on any atom is 0.220 e. The zero-order chi connectivity index (χ0) is 21.3. The van der Waals surface area contributed by atoms with Gasteiger partial charge in [0.2, 0.25) is 5.91 Å². The second-order valence-corrected chi connectivity index (χ2v) is 7.34. The normalized spacial score (nSPS) is 11.2. The molecule has 0 fully saturated rings. The first-order valence-corrected chi connectivity index (χ1v) is 9.74. The standard InChI is InChI=1S/C23H29NO5/c1-17(25)12-15-29-16-14-24-22(28)11-13-23(2,18-3-7-20(26)8-4-18)19-5-9-21(27)10-6-19/h3-10,26-27H,11-16H2,1-2H3,(H,24,28). The second kappa shape index (κ2) is 10.6. The highest BCUT2D eigenvalue weighted by molar-refractivity contribution is 5.76. The fraction of sp³-hybridized carbons (Fsp3) is 0.391. The van der Waals surface area contributed by atoms with Crippen molar-refractivity contribution in [2.45, 2.75) is 38.5 Å². The predicted octanol–water partition coefficient (Wildman–Crippen LogP) is 3.30. The van der Waals surface area contributed by atoms with Crippen molar-refractivity contribution in [3.8, 4) is 11.5 Å².